The number of unbranched alkanes of at least 4 members (excludes halogenated alkanes) is 17. The van der Waals surface area contributed by atoms with Gasteiger partial charge in [0.1, 0.15) is 31.0 Å². The number of hydrogen-bond acceptors (Lipinski definition) is 10. The highest BCUT2D eigenvalue weighted by atomic mass is 16.7. The predicted octanol–water partition coefficient (Wildman–Crippen LogP) is 5.49. The van der Waals surface area contributed by atoms with E-state index in [1.54, 1.807) is 0 Å². The quantitative estimate of drug-likeness (QED) is 0.0644. The lowest BCUT2D eigenvalue weighted by Crippen LogP contribution is -2.59. The number of carbonyl (C=O) groups excluding carboxylic acids is 2. The second kappa shape index (κ2) is 26.9. The van der Waals surface area contributed by atoms with E-state index in [1.807, 2.05) is 0 Å². The molecule has 1 rings (SSSR count). The molecule has 1 aliphatic rings. The van der Waals surface area contributed by atoms with Crippen LogP contribution < -0.4 is 0 Å². The average Bonchev–Trinajstić information content (AvgIpc) is 3.02. The lowest BCUT2D eigenvalue weighted by atomic mass is 9.99. The highest BCUT2D eigenvalue weighted by Crippen LogP contribution is 2.22. The topological polar surface area (TPSA) is 152 Å². The van der Waals surface area contributed by atoms with Crippen molar-refractivity contribution in [3.63, 3.8) is 0 Å². The zero-order chi connectivity index (χ0) is 32.4. The molecule has 0 unspecified atom stereocenters. The Morgan fingerprint density at radius 3 is 1.55 bits per heavy atom. The van der Waals surface area contributed by atoms with Gasteiger partial charge in [0.05, 0.1) is 13.2 Å². The van der Waals surface area contributed by atoms with Crippen molar-refractivity contribution in [2.75, 3.05) is 19.8 Å². The molecule has 44 heavy (non-hydrogen) atoms. The molecule has 260 valence electrons. The summed E-state index contributed by atoms with van der Waals surface area (Å²) in [5.74, 6) is -0.807. The van der Waals surface area contributed by atoms with Crippen LogP contribution in [0.4, 0.5) is 0 Å². The monoisotopic (exact) mass is 632 g/mol. The number of hydrogen-bond donors (Lipinski definition) is 4. The van der Waals surface area contributed by atoms with Crippen LogP contribution in [0.5, 0.6) is 0 Å². The lowest BCUT2D eigenvalue weighted by Gasteiger charge is -2.39. The molecule has 0 spiro atoms. The first-order valence-electron chi connectivity index (χ1n) is 17.6. The molecule has 6 atom stereocenters. The van der Waals surface area contributed by atoms with Crippen LogP contribution in [0, 0.1) is 0 Å². The number of rotatable bonds is 28. The van der Waals surface area contributed by atoms with Crippen molar-refractivity contribution in [1.82, 2.24) is 0 Å². The molecule has 4 N–H and O–H groups in total. The first-order valence-corrected chi connectivity index (χ1v) is 17.6. The van der Waals surface area contributed by atoms with E-state index in [2.05, 4.69) is 13.8 Å². The minimum Gasteiger partial charge on any atom is -0.462 e. The Kier molecular flexibility index (Phi) is 24.9. The van der Waals surface area contributed by atoms with Crippen molar-refractivity contribution in [3.8, 4) is 0 Å². The molecule has 10 heteroatoms. The molecule has 1 heterocycles. The summed E-state index contributed by atoms with van der Waals surface area (Å²) in [5.41, 5.74) is 0. The summed E-state index contributed by atoms with van der Waals surface area (Å²) in [5, 5.41) is 39.7. The summed E-state index contributed by atoms with van der Waals surface area (Å²) in [6.45, 7) is 3.36. The molecule has 0 aromatic heterocycles. The SMILES string of the molecule is CCCCCCCCCCCCC(=O)O[C@H](COC(=O)CCCCCCCCCCC)CO[C@@H]1O[C@@H](CO)[C@H](O)[C@H](O)[C@@H]1O. The third-order valence-corrected chi connectivity index (χ3v) is 8.24. The summed E-state index contributed by atoms with van der Waals surface area (Å²) in [6.07, 6.45) is 14.2. The largest absolute Gasteiger partial charge is 0.462 e. The Balaban J connectivity index is 2.45. The molecule has 10 nitrogen and oxygen atoms in total. The van der Waals surface area contributed by atoms with Crippen LogP contribution in [0.15, 0.2) is 0 Å². The van der Waals surface area contributed by atoms with Crippen LogP contribution in [0.2, 0.25) is 0 Å². The van der Waals surface area contributed by atoms with Crippen molar-refractivity contribution >= 4 is 11.9 Å². The lowest BCUT2D eigenvalue weighted by molar-refractivity contribution is -0.305. The molecule has 0 saturated carbocycles. The maximum Gasteiger partial charge on any atom is 0.306 e. The van der Waals surface area contributed by atoms with Crippen LogP contribution in [-0.4, -0.2) is 89.0 Å². The Morgan fingerprint density at radius 2 is 1.07 bits per heavy atom. The molecule has 0 amide bonds. The standard InChI is InChI=1S/C34H64O10/c1-3-5-7-9-11-13-15-17-19-21-23-30(37)43-27(26-42-34-33(40)32(39)31(38)28(24-35)44-34)25-41-29(36)22-20-18-16-14-12-10-8-6-4-2/h27-28,31-35,38-40H,3-26H2,1-2H3/t27-,28+,31+,32+,33+,34-/m1/s1. The van der Waals surface area contributed by atoms with Crippen LogP contribution in [0.25, 0.3) is 0 Å². The maximum atomic E-state index is 12.6. The highest BCUT2D eigenvalue weighted by molar-refractivity contribution is 5.70. The number of ether oxygens (including phenoxy) is 4. The van der Waals surface area contributed by atoms with E-state index >= 15 is 0 Å². The summed E-state index contributed by atoms with van der Waals surface area (Å²) in [4.78, 5) is 25.0. The molecule has 0 aromatic rings. The number of carbonyl (C=O) groups is 2. The van der Waals surface area contributed by atoms with Crippen molar-refractivity contribution in [2.45, 2.75) is 185 Å². The van der Waals surface area contributed by atoms with Gasteiger partial charge in [-0.1, -0.05) is 123 Å². The fraction of sp³-hybridized carbons (Fsp3) is 0.941. The number of esters is 2. The van der Waals surface area contributed by atoms with E-state index in [9.17, 15) is 30.0 Å². The van der Waals surface area contributed by atoms with E-state index in [1.165, 1.54) is 77.0 Å². The molecule has 1 aliphatic heterocycles. The van der Waals surface area contributed by atoms with Gasteiger partial charge in [-0.05, 0) is 12.8 Å². The smallest absolute Gasteiger partial charge is 0.306 e. The fourth-order valence-electron chi connectivity index (χ4n) is 5.36. The Morgan fingerprint density at radius 1 is 0.614 bits per heavy atom. The van der Waals surface area contributed by atoms with Gasteiger partial charge < -0.3 is 39.4 Å². The third-order valence-electron chi connectivity index (χ3n) is 8.24. The Bertz CT molecular complexity index is 704. The van der Waals surface area contributed by atoms with Gasteiger partial charge in [0, 0.05) is 12.8 Å². The summed E-state index contributed by atoms with van der Waals surface area (Å²) in [7, 11) is 0. The Labute approximate surface area is 266 Å². The minimum absolute atomic E-state index is 0.211. The van der Waals surface area contributed by atoms with E-state index in [0.717, 1.165) is 38.5 Å². The van der Waals surface area contributed by atoms with E-state index in [-0.39, 0.29) is 32.0 Å². The van der Waals surface area contributed by atoms with Gasteiger partial charge in [0.2, 0.25) is 0 Å². The number of aliphatic hydroxyl groups excluding tert-OH is 4. The van der Waals surface area contributed by atoms with Gasteiger partial charge in [-0.3, -0.25) is 9.59 Å². The van der Waals surface area contributed by atoms with Crippen molar-refractivity contribution < 1.29 is 49.0 Å². The van der Waals surface area contributed by atoms with Crippen LogP contribution in [0.3, 0.4) is 0 Å². The zero-order valence-electron chi connectivity index (χ0n) is 27.7. The second-order valence-corrected chi connectivity index (χ2v) is 12.3. The van der Waals surface area contributed by atoms with E-state index in [0.29, 0.717) is 6.42 Å². The van der Waals surface area contributed by atoms with Gasteiger partial charge in [0.25, 0.3) is 0 Å². The Hall–Kier alpha value is -1.30. The van der Waals surface area contributed by atoms with Gasteiger partial charge in [-0.25, -0.2) is 0 Å². The molecule has 0 bridgehead atoms. The van der Waals surface area contributed by atoms with Gasteiger partial charge in [-0.15, -0.1) is 0 Å². The molecule has 0 aromatic carbocycles. The van der Waals surface area contributed by atoms with E-state index < -0.39 is 49.4 Å². The average molecular weight is 633 g/mol. The fourth-order valence-corrected chi connectivity index (χ4v) is 5.36. The first kappa shape index (κ1) is 40.7. The van der Waals surface area contributed by atoms with Gasteiger partial charge >= 0.3 is 11.9 Å². The van der Waals surface area contributed by atoms with Crippen LogP contribution in [0.1, 0.15) is 149 Å². The summed E-state index contributed by atoms with van der Waals surface area (Å²) in [6, 6.07) is 0. The molecular weight excluding hydrogens is 568 g/mol. The van der Waals surface area contributed by atoms with Crippen LogP contribution in [-0.2, 0) is 28.5 Å². The number of aliphatic hydroxyl groups is 4. The predicted molar refractivity (Wildman–Crippen MR) is 169 cm³/mol. The summed E-state index contributed by atoms with van der Waals surface area (Å²) >= 11 is 0. The van der Waals surface area contributed by atoms with Crippen molar-refractivity contribution in [3.05, 3.63) is 0 Å². The molecule has 1 fully saturated rings. The zero-order valence-corrected chi connectivity index (χ0v) is 27.7. The van der Waals surface area contributed by atoms with Crippen LogP contribution >= 0.6 is 0 Å². The first-order chi connectivity index (χ1) is 21.3. The third kappa shape index (κ3) is 19.3. The van der Waals surface area contributed by atoms with E-state index in [4.69, 9.17) is 18.9 Å². The minimum atomic E-state index is -1.59. The molecule has 0 aliphatic carbocycles. The maximum absolute atomic E-state index is 12.6. The summed E-state index contributed by atoms with van der Waals surface area (Å²) < 4.78 is 21.9. The van der Waals surface area contributed by atoms with Gasteiger partial charge in [0.15, 0.2) is 12.4 Å². The second-order valence-electron chi connectivity index (χ2n) is 12.3. The normalized spacial score (nSPS) is 22.5. The van der Waals surface area contributed by atoms with Gasteiger partial charge in [-0.2, -0.15) is 0 Å². The molecule has 0 radical (unpaired) electrons. The van der Waals surface area contributed by atoms with Crippen molar-refractivity contribution in [2.24, 2.45) is 0 Å². The molecule has 1 saturated heterocycles. The highest BCUT2D eigenvalue weighted by Gasteiger charge is 2.44. The van der Waals surface area contributed by atoms with Crippen molar-refractivity contribution in [1.29, 1.82) is 0 Å². The molecular formula is C34H64O10.